The van der Waals surface area contributed by atoms with Crippen molar-refractivity contribution in [2.24, 2.45) is 5.73 Å². The van der Waals surface area contributed by atoms with E-state index in [4.69, 9.17) is 20.3 Å². The molecule has 0 bridgehead atoms. The number of hydrogen-bond acceptors (Lipinski definition) is 4. The van der Waals surface area contributed by atoms with Gasteiger partial charge in [0.05, 0.1) is 14.2 Å². The van der Waals surface area contributed by atoms with Gasteiger partial charge in [-0.15, -0.1) is 0 Å². The van der Waals surface area contributed by atoms with Gasteiger partial charge in [0.1, 0.15) is 11.5 Å². The smallest absolute Gasteiger partial charge is 0.303 e. The Hall–Kier alpha value is -1.75. The lowest BCUT2D eigenvalue weighted by Crippen LogP contribution is -2.13. The maximum atomic E-state index is 10.5. The number of benzene rings is 1. The molecule has 5 heteroatoms. The molecule has 0 saturated carbocycles. The quantitative estimate of drug-likeness (QED) is 0.787. The summed E-state index contributed by atoms with van der Waals surface area (Å²) in [6, 6.07) is 4.92. The molecule has 0 spiro atoms. The van der Waals surface area contributed by atoms with Crippen molar-refractivity contribution < 1.29 is 19.4 Å². The lowest BCUT2D eigenvalue weighted by Gasteiger charge is -2.16. The fourth-order valence-corrected chi connectivity index (χ4v) is 1.56. The third kappa shape index (κ3) is 3.64. The number of nitrogens with two attached hydrogens (primary N) is 1. The Morgan fingerprint density at radius 2 is 2.12 bits per heavy atom. The molecule has 0 radical (unpaired) electrons. The second-order valence-corrected chi connectivity index (χ2v) is 3.65. The molecule has 0 amide bonds. The maximum Gasteiger partial charge on any atom is 0.303 e. The third-order valence-electron chi connectivity index (χ3n) is 2.51. The van der Waals surface area contributed by atoms with Gasteiger partial charge < -0.3 is 20.3 Å². The largest absolute Gasteiger partial charge is 0.497 e. The van der Waals surface area contributed by atoms with Crippen LogP contribution in [0.25, 0.3) is 0 Å². The number of aliphatic carboxylic acids is 1. The summed E-state index contributed by atoms with van der Waals surface area (Å²) < 4.78 is 10.3. The molecule has 0 heterocycles. The fraction of sp³-hybridized carbons (Fsp3) is 0.417. The number of carboxylic acids is 1. The van der Waals surface area contributed by atoms with Crippen LogP contribution in [0, 0.1) is 0 Å². The van der Waals surface area contributed by atoms with Gasteiger partial charge in [-0.25, -0.2) is 0 Å². The zero-order valence-electron chi connectivity index (χ0n) is 9.97. The molecule has 0 saturated heterocycles. The van der Waals surface area contributed by atoms with E-state index in [2.05, 4.69) is 0 Å². The van der Waals surface area contributed by atoms with Crippen LogP contribution in [-0.4, -0.2) is 25.3 Å². The van der Waals surface area contributed by atoms with Gasteiger partial charge in [-0.3, -0.25) is 4.79 Å². The highest BCUT2D eigenvalue weighted by Gasteiger charge is 2.14. The molecule has 0 aliphatic rings. The topological polar surface area (TPSA) is 81.8 Å². The highest BCUT2D eigenvalue weighted by molar-refractivity contribution is 5.66. The van der Waals surface area contributed by atoms with Crippen molar-refractivity contribution in [3.63, 3.8) is 0 Å². The first-order valence-corrected chi connectivity index (χ1v) is 5.27. The Morgan fingerprint density at radius 3 is 2.65 bits per heavy atom. The number of methoxy groups -OCH3 is 2. The van der Waals surface area contributed by atoms with E-state index in [1.807, 2.05) is 0 Å². The van der Waals surface area contributed by atoms with Gasteiger partial charge in [-0.1, -0.05) is 0 Å². The number of carbonyl (C=O) groups is 1. The first kappa shape index (κ1) is 13.3. The van der Waals surface area contributed by atoms with Crippen molar-refractivity contribution in [3.05, 3.63) is 23.8 Å². The average molecular weight is 239 g/mol. The normalized spacial score (nSPS) is 11.9. The summed E-state index contributed by atoms with van der Waals surface area (Å²) in [7, 11) is 3.11. The van der Waals surface area contributed by atoms with Crippen LogP contribution in [0.5, 0.6) is 11.5 Å². The number of rotatable bonds is 6. The molecule has 0 aromatic heterocycles. The molecular formula is C12H17NO4. The van der Waals surface area contributed by atoms with Crippen LogP contribution in [0.3, 0.4) is 0 Å². The van der Waals surface area contributed by atoms with Gasteiger partial charge in [0, 0.05) is 18.0 Å². The van der Waals surface area contributed by atoms with Crippen LogP contribution >= 0.6 is 0 Å². The zero-order valence-corrected chi connectivity index (χ0v) is 9.97. The Bertz CT molecular complexity index is 392. The Morgan fingerprint density at radius 1 is 1.41 bits per heavy atom. The van der Waals surface area contributed by atoms with E-state index in [9.17, 15) is 4.79 Å². The van der Waals surface area contributed by atoms with Crippen molar-refractivity contribution in [1.82, 2.24) is 0 Å². The molecule has 5 nitrogen and oxygen atoms in total. The third-order valence-corrected chi connectivity index (χ3v) is 2.51. The van der Waals surface area contributed by atoms with Crippen molar-refractivity contribution >= 4 is 5.97 Å². The SMILES string of the molecule is COc1ccc(OC)c(C(N)CCC(=O)O)c1. The van der Waals surface area contributed by atoms with Crippen molar-refractivity contribution in [3.8, 4) is 11.5 Å². The van der Waals surface area contributed by atoms with Crippen LogP contribution in [0.1, 0.15) is 24.4 Å². The van der Waals surface area contributed by atoms with Gasteiger partial charge in [0.25, 0.3) is 0 Å². The maximum absolute atomic E-state index is 10.5. The zero-order chi connectivity index (χ0) is 12.8. The van der Waals surface area contributed by atoms with Crippen molar-refractivity contribution in [2.45, 2.75) is 18.9 Å². The lowest BCUT2D eigenvalue weighted by atomic mass is 10.0. The van der Waals surface area contributed by atoms with Crippen LogP contribution < -0.4 is 15.2 Å². The van der Waals surface area contributed by atoms with Gasteiger partial charge in [-0.05, 0) is 24.6 Å². The van der Waals surface area contributed by atoms with Gasteiger partial charge in [0.15, 0.2) is 0 Å². The predicted octanol–water partition coefficient (Wildman–Crippen LogP) is 1.57. The number of hydrogen-bond donors (Lipinski definition) is 2. The van der Waals surface area contributed by atoms with Gasteiger partial charge in [-0.2, -0.15) is 0 Å². The molecule has 1 rings (SSSR count). The minimum absolute atomic E-state index is 0.0293. The first-order valence-electron chi connectivity index (χ1n) is 5.27. The monoisotopic (exact) mass is 239 g/mol. The summed E-state index contributed by atoms with van der Waals surface area (Å²) in [5.74, 6) is 0.456. The van der Waals surface area contributed by atoms with Crippen LogP contribution in [0.2, 0.25) is 0 Å². The van der Waals surface area contributed by atoms with E-state index >= 15 is 0 Å². The van der Waals surface area contributed by atoms with Crippen LogP contribution in [0.15, 0.2) is 18.2 Å². The molecule has 3 N–H and O–H groups in total. The molecule has 0 aliphatic carbocycles. The molecule has 0 aliphatic heterocycles. The highest BCUT2D eigenvalue weighted by Crippen LogP contribution is 2.30. The molecule has 17 heavy (non-hydrogen) atoms. The standard InChI is InChI=1S/C12H17NO4/c1-16-8-3-5-11(17-2)9(7-8)10(13)4-6-12(14)15/h3,5,7,10H,4,6,13H2,1-2H3,(H,14,15). The molecule has 1 aromatic rings. The van der Waals surface area contributed by atoms with Crippen LogP contribution in [0.4, 0.5) is 0 Å². The van der Waals surface area contributed by atoms with E-state index in [1.165, 1.54) is 0 Å². The molecule has 1 aromatic carbocycles. The van der Waals surface area contributed by atoms with Crippen LogP contribution in [-0.2, 0) is 4.79 Å². The second-order valence-electron chi connectivity index (χ2n) is 3.65. The summed E-state index contributed by atoms with van der Waals surface area (Å²) in [6.07, 6.45) is 0.389. The molecule has 94 valence electrons. The minimum atomic E-state index is -0.859. The van der Waals surface area contributed by atoms with E-state index in [0.29, 0.717) is 17.9 Å². The minimum Gasteiger partial charge on any atom is -0.497 e. The summed E-state index contributed by atoms with van der Waals surface area (Å²) in [5.41, 5.74) is 6.70. The van der Waals surface area contributed by atoms with E-state index < -0.39 is 5.97 Å². The number of carboxylic acid groups (broad SMARTS) is 1. The Balaban J connectivity index is 2.88. The van der Waals surface area contributed by atoms with Gasteiger partial charge in [0.2, 0.25) is 0 Å². The van der Waals surface area contributed by atoms with Gasteiger partial charge >= 0.3 is 5.97 Å². The van der Waals surface area contributed by atoms with E-state index in [0.717, 1.165) is 5.56 Å². The summed E-state index contributed by atoms with van der Waals surface area (Å²) in [6.45, 7) is 0. The predicted molar refractivity (Wildman–Crippen MR) is 63.3 cm³/mol. The lowest BCUT2D eigenvalue weighted by molar-refractivity contribution is -0.137. The van der Waals surface area contributed by atoms with Crippen molar-refractivity contribution in [1.29, 1.82) is 0 Å². The fourth-order valence-electron chi connectivity index (χ4n) is 1.56. The molecular weight excluding hydrogens is 222 g/mol. The average Bonchev–Trinajstić information content (AvgIpc) is 2.34. The Kier molecular flexibility index (Phi) is 4.78. The highest BCUT2D eigenvalue weighted by atomic mass is 16.5. The molecule has 1 atom stereocenters. The summed E-state index contributed by atoms with van der Waals surface area (Å²) in [4.78, 5) is 10.5. The first-order chi connectivity index (χ1) is 8.08. The van der Waals surface area contributed by atoms with E-state index in [1.54, 1.807) is 32.4 Å². The summed E-state index contributed by atoms with van der Waals surface area (Å²) >= 11 is 0. The molecule has 1 unspecified atom stereocenters. The van der Waals surface area contributed by atoms with E-state index in [-0.39, 0.29) is 12.5 Å². The van der Waals surface area contributed by atoms with Crippen molar-refractivity contribution in [2.75, 3.05) is 14.2 Å². The molecule has 0 fully saturated rings. The second kappa shape index (κ2) is 6.10. The number of ether oxygens (including phenoxy) is 2. The summed E-state index contributed by atoms with van der Waals surface area (Å²) in [5, 5.41) is 8.63. The Labute approximate surface area is 100 Å².